The highest BCUT2D eigenvalue weighted by Gasteiger charge is 2.28. The van der Waals surface area contributed by atoms with Gasteiger partial charge in [0.05, 0.1) is 5.38 Å². The molecular formula is C16H21ClO. The SMILES string of the molecule is CC1CCC(C(=O)C(Cl)Cc2ccccc2)CC1. The molecule has 18 heavy (non-hydrogen) atoms. The van der Waals surface area contributed by atoms with E-state index in [-0.39, 0.29) is 17.1 Å². The van der Waals surface area contributed by atoms with Gasteiger partial charge >= 0.3 is 0 Å². The molecule has 1 aliphatic carbocycles. The summed E-state index contributed by atoms with van der Waals surface area (Å²) in [6, 6.07) is 10.0. The first-order valence-electron chi connectivity index (χ1n) is 6.88. The summed E-state index contributed by atoms with van der Waals surface area (Å²) in [5, 5.41) is -0.356. The standard InChI is InChI=1S/C16H21ClO/c1-12-7-9-14(10-8-12)16(18)15(17)11-13-5-3-2-4-6-13/h2-6,12,14-15H,7-11H2,1H3. The van der Waals surface area contributed by atoms with Gasteiger partial charge in [-0.1, -0.05) is 50.1 Å². The zero-order chi connectivity index (χ0) is 13.0. The van der Waals surface area contributed by atoms with Gasteiger partial charge in [-0.05, 0) is 30.7 Å². The molecule has 98 valence electrons. The Bertz CT molecular complexity index is 379. The second-order valence-electron chi connectivity index (χ2n) is 5.52. The number of ketones is 1. The highest BCUT2D eigenvalue weighted by atomic mass is 35.5. The highest BCUT2D eigenvalue weighted by molar-refractivity contribution is 6.31. The van der Waals surface area contributed by atoms with Gasteiger partial charge < -0.3 is 0 Å². The molecule has 1 atom stereocenters. The molecule has 0 aromatic heterocycles. The molecule has 1 aromatic carbocycles. The third kappa shape index (κ3) is 3.58. The number of alkyl halides is 1. The van der Waals surface area contributed by atoms with Crippen molar-refractivity contribution >= 4 is 17.4 Å². The summed E-state index contributed by atoms with van der Waals surface area (Å²) in [6.07, 6.45) is 5.06. The molecule has 0 heterocycles. The van der Waals surface area contributed by atoms with Crippen LogP contribution in [-0.2, 0) is 11.2 Å². The van der Waals surface area contributed by atoms with Crippen molar-refractivity contribution in [2.75, 3.05) is 0 Å². The monoisotopic (exact) mass is 264 g/mol. The van der Waals surface area contributed by atoms with E-state index in [4.69, 9.17) is 11.6 Å². The maximum Gasteiger partial charge on any atom is 0.154 e. The first-order chi connectivity index (χ1) is 8.66. The van der Waals surface area contributed by atoms with Crippen molar-refractivity contribution in [1.29, 1.82) is 0 Å². The summed E-state index contributed by atoms with van der Waals surface area (Å²) < 4.78 is 0. The van der Waals surface area contributed by atoms with Gasteiger partial charge in [0.1, 0.15) is 0 Å². The molecule has 2 heteroatoms. The Morgan fingerprint density at radius 3 is 2.44 bits per heavy atom. The number of benzene rings is 1. The van der Waals surface area contributed by atoms with E-state index in [1.54, 1.807) is 0 Å². The Morgan fingerprint density at radius 1 is 1.22 bits per heavy atom. The summed E-state index contributed by atoms with van der Waals surface area (Å²) in [7, 11) is 0. The average Bonchev–Trinajstić information content (AvgIpc) is 2.40. The van der Waals surface area contributed by atoms with Crippen molar-refractivity contribution in [2.45, 2.75) is 44.4 Å². The van der Waals surface area contributed by atoms with E-state index in [0.29, 0.717) is 6.42 Å². The lowest BCUT2D eigenvalue weighted by molar-refractivity contribution is -0.123. The van der Waals surface area contributed by atoms with Crippen LogP contribution in [0.1, 0.15) is 38.2 Å². The van der Waals surface area contributed by atoms with Crippen LogP contribution >= 0.6 is 11.6 Å². The van der Waals surface area contributed by atoms with Crippen molar-refractivity contribution in [1.82, 2.24) is 0 Å². The molecular weight excluding hydrogens is 244 g/mol. The number of hydrogen-bond acceptors (Lipinski definition) is 1. The third-order valence-corrected chi connectivity index (χ3v) is 4.35. The Labute approximate surface area is 115 Å². The maximum absolute atomic E-state index is 12.3. The summed E-state index contributed by atoms with van der Waals surface area (Å²) in [6.45, 7) is 2.27. The van der Waals surface area contributed by atoms with Gasteiger partial charge in [-0.25, -0.2) is 0 Å². The molecule has 1 saturated carbocycles. The first kappa shape index (κ1) is 13.6. The maximum atomic E-state index is 12.3. The van der Waals surface area contributed by atoms with Gasteiger partial charge in [0, 0.05) is 5.92 Å². The smallest absolute Gasteiger partial charge is 0.154 e. The fraction of sp³-hybridized carbons (Fsp3) is 0.562. The molecule has 1 aliphatic rings. The second kappa shape index (κ2) is 6.38. The largest absolute Gasteiger partial charge is 0.298 e. The number of rotatable bonds is 4. The molecule has 1 unspecified atom stereocenters. The van der Waals surface area contributed by atoms with Crippen molar-refractivity contribution in [3.05, 3.63) is 35.9 Å². The second-order valence-corrected chi connectivity index (χ2v) is 6.04. The van der Waals surface area contributed by atoms with Crippen LogP contribution < -0.4 is 0 Å². The predicted octanol–water partition coefficient (Wildman–Crippen LogP) is 4.23. The van der Waals surface area contributed by atoms with Gasteiger partial charge in [-0.3, -0.25) is 4.79 Å². The van der Waals surface area contributed by atoms with Gasteiger partial charge in [0.2, 0.25) is 0 Å². The van der Waals surface area contributed by atoms with E-state index in [1.165, 1.54) is 12.8 Å². The normalized spacial score (nSPS) is 25.7. The van der Waals surface area contributed by atoms with E-state index in [2.05, 4.69) is 6.92 Å². The number of carbonyl (C=O) groups excluding carboxylic acids is 1. The summed E-state index contributed by atoms with van der Waals surface area (Å²) in [5.74, 6) is 1.23. The first-order valence-corrected chi connectivity index (χ1v) is 7.32. The molecule has 1 aromatic rings. The summed E-state index contributed by atoms with van der Waals surface area (Å²) in [5.41, 5.74) is 1.15. The van der Waals surface area contributed by atoms with E-state index in [9.17, 15) is 4.79 Å². The molecule has 0 N–H and O–H groups in total. The van der Waals surface area contributed by atoms with Crippen molar-refractivity contribution in [3.8, 4) is 0 Å². The molecule has 0 spiro atoms. The van der Waals surface area contributed by atoms with Gasteiger partial charge in [-0.2, -0.15) is 0 Å². The molecule has 0 radical (unpaired) electrons. The Morgan fingerprint density at radius 2 is 1.83 bits per heavy atom. The van der Waals surface area contributed by atoms with Gasteiger partial charge in [0.25, 0.3) is 0 Å². The van der Waals surface area contributed by atoms with Crippen LogP contribution in [0.15, 0.2) is 30.3 Å². The lowest BCUT2D eigenvalue weighted by atomic mass is 9.79. The summed E-state index contributed by atoms with van der Waals surface area (Å²) in [4.78, 5) is 12.3. The van der Waals surface area contributed by atoms with Crippen LogP contribution in [0.4, 0.5) is 0 Å². The van der Waals surface area contributed by atoms with Crippen LogP contribution in [-0.4, -0.2) is 11.2 Å². The fourth-order valence-electron chi connectivity index (χ4n) is 2.72. The molecule has 2 rings (SSSR count). The van der Waals surface area contributed by atoms with E-state index >= 15 is 0 Å². The van der Waals surface area contributed by atoms with Crippen molar-refractivity contribution in [2.24, 2.45) is 11.8 Å². The number of Topliss-reactive ketones (excluding diaryl/α,β-unsaturated/α-hetero) is 1. The minimum absolute atomic E-state index is 0.201. The van der Waals surface area contributed by atoms with Crippen LogP contribution in [0.2, 0.25) is 0 Å². The van der Waals surface area contributed by atoms with Crippen LogP contribution in [0.3, 0.4) is 0 Å². The number of hydrogen-bond donors (Lipinski definition) is 0. The minimum Gasteiger partial charge on any atom is -0.298 e. The Hall–Kier alpha value is -0.820. The predicted molar refractivity (Wildman–Crippen MR) is 75.9 cm³/mol. The molecule has 1 fully saturated rings. The van der Waals surface area contributed by atoms with E-state index in [0.717, 1.165) is 24.3 Å². The molecule has 0 saturated heterocycles. The molecule has 0 aliphatic heterocycles. The molecule has 0 bridgehead atoms. The van der Waals surface area contributed by atoms with Gasteiger partial charge in [0.15, 0.2) is 5.78 Å². The third-order valence-electron chi connectivity index (χ3n) is 3.98. The van der Waals surface area contributed by atoms with E-state index in [1.807, 2.05) is 30.3 Å². The zero-order valence-corrected chi connectivity index (χ0v) is 11.7. The quantitative estimate of drug-likeness (QED) is 0.744. The number of halogens is 1. The van der Waals surface area contributed by atoms with E-state index < -0.39 is 0 Å². The Balaban J connectivity index is 1.89. The lowest BCUT2D eigenvalue weighted by Gasteiger charge is -2.26. The lowest BCUT2D eigenvalue weighted by Crippen LogP contribution is -2.29. The van der Waals surface area contributed by atoms with Crippen LogP contribution in [0.25, 0.3) is 0 Å². The average molecular weight is 265 g/mol. The van der Waals surface area contributed by atoms with Crippen LogP contribution in [0.5, 0.6) is 0 Å². The topological polar surface area (TPSA) is 17.1 Å². The Kier molecular flexibility index (Phi) is 4.82. The molecule has 0 amide bonds. The minimum atomic E-state index is -0.356. The van der Waals surface area contributed by atoms with Crippen LogP contribution in [0, 0.1) is 11.8 Å². The highest BCUT2D eigenvalue weighted by Crippen LogP contribution is 2.30. The molecule has 1 nitrogen and oxygen atoms in total. The summed E-state index contributed by atoms with van der Waals surface area (Å²) >= 11 is 6.29. The van der Waals surface area contributed by atoms with Crippen molar-refractivity contribution in [3.63, 3.8) is 0 Å². The fourth-order valence-corrected chi connectivity index (χ4v) is 3.08. The van der Waals surface area contributed by atoms with Gasteiger partial charge in [-0.15, -0.1) is 11.6 Å². The van der Waals surface area contributed by atoms with Crippen molar-refractivity contribution < 1.29 is 4.79 Å². The number of carbonyl (C=O) groups is 1. The zero-order valence-electron chi connectivity index (χ0n) is 10.9.